The zero-order valence-corrected chi connectivity index (χ0v) is 16.5. The molecule has 5 rings (SSSR count). The van der Waals surface area contributed by atoms with E-state index in [1.54, 1.807) is 17.3 Å². The number of fused-ring (bicyclic) bond motifs is 1. The average Bonchev–Trinajstić information content (AvgIpc) is 3.18. The molecule has 2 amide bonds. The van der Waals surface area contributed by atoms with E-state index in [1.165, 1.54) is 32.1 Å². The first kappa shape index (κ1) is 19.4. The van der Waals surface area contributed by atoms with Crippen molar-refractivity contribution in [2.24, 2.45) is 5.92 Å². The molecule has 3 aliphatic rings. The Kier molecular flexibility index (Phi) is 5.74. The highest BCUT2D eigenvalue weighted by Gasteiger charge is 2.30. The molecule has 8 nitrogen and oxygen atoms in total. The first-order valence-corrected chi connectivity index (χ1v) is 10.5. The standard InChI is InChI=1S/C16H16N6O2.C5H10/c17-3-9-7-22(8-9)13(23)6-20-16(24)11-4-18-15-14(11)21-12(5-19-15)10-1-2-10;1-2-4-5-3-1/h4-5,9-10H,1-2,6-8H2,(H,18,19)(H,20,24);1-5H2. The third-order valence-corrected chi connectivity index (χ3v) is 5.71. The van der Waals surface area contributed by atoms with Crippen molar-refractivity contribution in [3.05, 3.63) is 23.7 Å². The highest BCUT2D eigenvalue weighted by molar-refractivity contribution is 6.05. The predicted molar refractivity (Wildman–Crippen MR) is 107 cm³/mol. The Labute approximate surface area is 169 Å². The average molecular weight is 394 g/mol. The van der Waals surface area contributed by atoms with Gasteiger partial charge < -0.3 is 15.2 Å². The number of carbonyl (C=O) groups is 2. The molecule has 2 aliphatic carbocycles. The summed E-state index contributed by atoms with van der Waals surface area (Å²) in [5, 5.41) is 11.3. The number of aromatic amines is 1. The molecule has 1 aliphatic heterocycles. The fourth-order valence-electron chi connectivity index (χ4n) is 3.66. The van der Waals surface area contributed by atoms with Crippen LogP contribution in [0.4, 0.5) is 0 Å². The van der Waals surface area contributed by atoms with Gasteiger partial charge in [-0.2, -0.15) is 5.26 Å². The molecular weight excluding hydrogens is 368 g/mol. The Bertz CT molecular complexity index is 925. The second-order valence-corrected chi connectivity index (χ2v) is 8.04. The van der Waals surface area contributed by atoms with Crippen molar-refractivity contribution in [2.45, 2.75) is 50.9 Å². The summed E-state index contributed by atoms with van der Waals surface area (Å²) in [6.45, 7) is 0.794. The van der Waals surface area contributed by atoms with Crippen LogP contribution >= 0.6 is 0 Å². The van der Waals surface area contributed by atoms with Crippen molar-refractivity contribution >= 4 is 23.0 Å². The van der Waals surface area contributed by atoms with Crippen molar-refractivity contribution in [2.75, 3.05) is 19.6 Å². The normalized spacial score (nSPS) is 18.5. The molecule has 0 spiro atoms. The van der Waals surface area contributed by atoms with Gasteiger partial charge in [0.25, 0.3) is 5.91 Å². The minimum Gasteiger partial charge on any atom is -0.344 e. The van der Waals surface area contributed by atoms with Gasteiger partial charge in [0.2, 0.25) is 5.91 Å². The van der Waals surface area contributed by atoms with Gasteiger partial charge in [-0.15, -0.1) is 0 Å². The SMILES string of the molecule is C1CCCC1.N#CC1CN(C(=O)CNC(=O)c2c[nH]c3ncc(C4CC4)nc23)C1. The summed E-state index contributed by atoms with van der Waals surface area (Å²) in [6.07, 6.45) is 13.0. The number of aromatic nitrogens is 3. The monoisotopic (exact) mass is 394 g/mol. The molecule has 0 aromatic carbocycles. The van der Waals surface area contributed by atoms with Crippen molar-refractivity contribution < 1.29 is 9.59 Å². The zero-order chi connectivity index (χ0) is 20.2. The summed E-state index contributed by atoms with van der Waals surface area (Å²) in [7, 11) is 0. The largest absolute Gasteiger partial charge is 0.344 e. The van der Waals surface area contributed by atoms with E-state index < -0.39 is 0 Å². The minimum absolute atomic E-state index is 0.0839. The Balaban J connectivity index is 0.000000359. The van der Waals surface area contributed by atoms with Gasteiger partial charge in [0.1, 0.15) is 5.52 Å². The summed E-state index contributed by atoms with van der Waals surface area (Å²) < 4.78 is 0. The molecule has 3 fully saturated rings. The summed E-state index contributed by atoms with van der Waals surface area (Å²) >= 11 is 0. The maximum Gasteiger partial charge on any atom is 0.255 e. The highest BCUT2D eigenvalue weighted by Crippen LogP contribution is 2.39. The van der Waals surface area contributed by atoms with Gasteiger partial charge in [0.15, 0.2) is 5.65 Å². The van der Waals surface area contributed by atoms with Crippen LogP contribution in [0.25, 0.3) is 11.2 Å². The van der Waals surface area contributed by atoms with Gasteiger partial charge in [-0.3, -0.25) is 9.59 Å². The van der Waals surface area contributed by atoms with Gasteiger partial charge in [-0.1, -0.05) is 32.1 Å². The van der Waals surface area contributed by atoms with Crippen LogP contribution in [0, 0.1) is 17.2 Å². The topological polar surface area (TPSA) is 115 Å². The molecule has 0 atom stereocenters. The van der Waals surface area contributed by atoms with Crippen LogP contribution in [0.1, 0.15) is 66.9 Å². The number of nitriles is 1. The zero-order valence-electron chi connectivity index (χ0n) is 16.5. The van der Waals surface area contributed by atoms with Crippen LogP contribution < -0.4 is 5.32 Å². The number of amides is 2. The number of likely N-dealkylation sites (tertiary alicyclic amines) is 1. The van der Waals surface area contributed by atoms with Crippen LogP contribution in [-0.4, -0.2) is 51.3 Å². The van der Waals surface area contributed by atoms with Crippen LogP contribution in [-0.2, 0) is 4.79 Å². The molecular formula is C21H26N6O2. The Morgan fingerprint density at radius 2 is 1.90 bits per heavy atom. The number of carbonyl (C=O) groups excluding carboxylic acids is 2. The third kappa shape index (κ3) is 4.56. The third-order valence-electron chi connectivity index (χ3n) is 5.71. The lowest BCUT2D eigenvalue weighted by Gasteiger charge is -2.35. The van der Waals surface area contributed by atoms with Crippen molar-refractivity contribution in [1.82, 2.24) is 25.2 Å². The molecule has 1 saturated heterocycles. The van der Waals surface area contributed by atoms with E-state index in [-0.39, 0.29) is 24.3 Å². The predicted octanol–water partition coefficient (Wildman–Crippen LogP) is 2.50. The summed E-state index contributed by atoms with van der Waals surface area (Å²) in [5.41, 5.74) is 2.41. The summed E-state index contributed by atoms with van der Waals surface area (Å²) in [6, 6.07) is 2.11. The molecule has 2 saturated carbocycles. The first-order valence-electron chi connectivity index (χ1n) is 10.5. The van der Waals surface area contributed by atoms with Gasteiger partial charge >= 0.3 is 0 Å². The molecule has 3 heterocycles. The number of rotatable bonds is 4. The van der Waals surface area contributed by atoms with E-state index in [0.717, 1.165) is 18.5 Å². The lowest BCUT2D eigenvalue weighted by molar-refractivity contribution is -0.135. The van der Waals surface area contributed by atoms with Crippen LogP contribution in [0.3, 0.4) is 0 Å². The number of hydrogen-bond donors (Lipinski definition) is 2. The van der Waals surface area contributed by atoms with Gasteiger partial charge in [0.05, 0.1) is 36.0 Å². The van der Waals surface area contributed by atoms with E-state index in [4.69, 9.17) is 5.26 Å². The Morgan fingerprint density at radius 1 is 1.21 bits per heavy atom. The quantitative estimate of drug-likeness (QED) is 0.827. The second-order valence-electron chi connectivity index (χ2n) is 8.04. The Hall–Kier alpha value is -2.95. The number of nitrogens with one attached hydrogen (secondary N) is 2. The summed E-state index contributed by atoms with van der Waals surface area (Å²) in [4.78, 5) is 37.6. The smallest absolute Gasteiger partial charge is 0.255 e. The number of nitrogens with zero attached hydrogens (tertiary/aromatic N) is 4. The molecule has 2 aromatic rings. The van der Waals surface area contributed by atoms with Crippen molar-refractivity contribution in [3.8, 4) is 6.07 Å². The fourth-order valence-corrected chi connectivity index (χ4v) is 3.66. The molecule has 152 valence electrons. The van der Waals surface area contributed by atoms with Crippen molar-refractivity contribution in [3.63, 3.8) is 0 Å². The van der Waals surface area contributed by atoms with Gasteiger partial charge in [0, 0.05) is 25.2 Å². The number of H-pyrrole nitrogens is 1. The second kappa shape index (κ2) is 8.60. The molecule has 8 heteroatoms. The maximum absolute atomic E-state index is 12.3. The molecule has 0 radical (unpaired) electrons. The van der Waals surface area contributed by atoms with Gasteiger partial charge in [-0.25, -0.2) is 9.97 Å². The maximum atomic E-state index is 12.3. The Morgan fingerprint density at radius 3 is 2.52 bits per heavy atom. The minimum atomic E-state index is -0.353. The van der Waals surface area contributed by atoms with E-state index in [0.29, 0.717) is 35.7 Å². The number of hydrogen-bond acceptors (Lipinski definition) is 5. The highest BCUT2D eigenvalue weighted by atomic mass is 16.2. The summed E-state index contributed by atoms with van der Waals surface area (Å²) in [5.74, 6) is -0.170. The van der Waals surface area contributed by atoms with E-state index >= 15 is 0 Å². The van der Waals surface area contributed by atoms with Gasteiger partial charge in [-0.05, 0) is 12.8 Å². The molecule has 2 aromatic heterocycles. The first-order chi connectivity index (χ1) is 14.2. The van der Waals surface area contributed by atoms with E-state index in [1.807, 2.05) is 0 Å². The molecule has 29 heavy (non-hydrogen) atoms. The molecule has 0 bridgehead atoms. The molecule has 2 N–H and O–H groups in total. The van der Waals surface area contributed by atoms with Crippen molar-refractivity contribution in [1.29, 1.82) is 5.26 Å². The van der Waals surface area contributed by atoms with Crippen LogP contribution in [0.5, 0.6) is 0 Å². The van der Waals surface area contributed by atoms with E-state index in [9.17, 15) is 9.59 Å². The fraction of sp³-hybridized carbons (Fsp3) is 0.571. The molecule has 0 unspecified atom stereocenters. The van der Waals surface area contributed by atoms with Crippen LogP contribution in [0.2, 0.25) is 0 Å². The lowest BCUT2D eigenvalue weighted by Crippen LogP contribution is -2.52. The van der Waals surface area contributed by atoms with Crippen LogP contribution in [0.15, 0.2) is 12.4 Å². The lowest BCUT2D eigenvalue weighted by atomic mass is 10.0. The van der Waals surface area contributed by atoms with E-state index in [2.05, 4.69) is 26.3 Å².